The zero-order chi connectivity index (χ0) is 7.14. The molecular weight excluding hydrogens is 130 g/mol. The van der Waals surface area contributed by atoms with E-state index in [2.05, 4.69) is 0 Å². The predicted molar refractivity (Wildman–Crippen MR) is 35.5 cm³/mol. The number of hydrogen-bond donors (Lipinski definition) is 0. The molecule has 2 unspecified atom stereocenters. The van der Waals surface area contributed by atoms with Crippen LogP contribution in [0.15, 0.2) is 0 Å². The second kappa shape index (κ2) is 1.95. The van der Waals surface area contributed by atoms with Gasteiger partial charge in [0.25, 0.3) is 0 Å². The third kappa shape index (κ3) is 1.14. The standard InChI is InChI=1S/C7H11NO2/c1-8-4-6(8)7(9)10-5-2-3-5/h5-6H,2-4H2,1H3. The lowest BCUT2D eigenvalue weighted by molar-refractivity contribution is -0.144. The molecule has 3 nitrogen and oxygen atoms in total. The molecule has 56 valence electrons. The summed E-state index contributed by atoms with van der Waals surface area (Å²) in [5.41, 5.74) is 0. The fraction of sp³-hybridized carbons (Fsp3) is 0.857. The maximum atomic E-state index is 11.0. The van der Waals surface area contributed by atoms with Crippen molar-refractivity contribution in [2.45, 2.75) is 25.0 Å². The Labute approximate surface area is 60.0 Å². The first kappa shape index (κ1) is 6.16. The zero-order valence-electron chi connectivity index (χ0n) is 6.04. The second-order valence-corrected chi connectivity index (χ2v) is 3.09. The molecule has 1 saturated carbocycles. The van der Waals surface area contributed by atoms with E-state index in [1.165, 1.54) is 0 Å². The fourth-order valence-electron chi connectivity index (χ4n) is 0.909. The van der Waals surface area contributed by atoms with Crippen molar-refractivity contribution in [3.05, 3.63) is 0 Å². The van der Waals surface area contributed by atoms with Crippen LogP contribution in [0.5, 0.6) is 0 Å². The molecule has 3 heteroatoms. The van der Waals surface area contributed by atoms with Gasteiger partial charge in [0.2, 0.25) is 0 Å². The molecule has 0 amide bonds. The highest BCUT2D eigenvalue weighted by atomic mass is 16.6. The molecule has 10 heavy (non-hydrogen) atoms. The lowest BCUT2D eigenvalue weighted by atomic mass is 10.5. The quantitative estimate of drug-likeness (QED) is 0.400. The lowest BCUT2D eigenvalue weighted by Gasteiger charge is -1.99. The van der Waals surface area contributed by atoms with Crippen LogP contribution in [-0.2, 0) is 9.53 Å². The van der Waals surface area contributed by atoms with Crippen molar-refractivity contribution in [2.75, 3.05) is 13.6 Å². The molecule has 0 bridgehead atoms. The minimum absolute atomic E-state index is 0.0231. The lowest BCUT2D eigenvalue weighted by Crippen LogP contribution is -2.15. The van der Waals surface area contributed by atoms with Gasteiger partial charge in [-0.15, -0.1) is 0 Å². The molecule has 0 spiro atoms. The molecule has 2 rings (SSSR count). The molecule has 0 aromatic heterocycles. The number of ether oxygens (including phenoxy) is 1. The molecular formula is C7H11NO2. The highest BCUT2D eigenvalue weighted by Gasteiger charge is 2.40. The van der Waals surface area contributed by atoms with Crippen molar-refractivity contribution in [2.24, 2.45) is 0 Å². The average molecular weight is 141 g/mol. The van der Waals surface area contributed by atoms with Gasteiger partial charge in [-0.25, -0.2) is 0 Å². The van der Waals surface area contributed by atoms with Crippen LogP contribution < -0.4 is 0 Å². The van der Waals surface area contributed by atoms with Gasteiger partial charge in [-0.2, -0.15) is 0 Å². The number of esters is 1. The summed E-state index contributed by atoms with van der Waals surface area (Å²) < 4.78 is 5.08. The van der Waals surface area contributed by atoms with Gasteiger partial charge in [-0.05, 0) is 19.9 Å². The Kier molecular flexibility index (Phi) is 1.20. The molecule has 0 aromatic carbocycles. The van der Waals surface area contributed by atoms with Crippen LogP contribution in [-0.4, -0.2) is 36.6 Å². The normalized spacial score (nSPS) is 37.3. The first-order valence-electron chi connectivity index (χ1n) is 3.68. The summed E-state index contributed by atoms with van der Waals surface area (Å²) in [4.78, 5) is 13.0. The van der Waals surface area contributed by atoms with Crippen LogP contribution in [0.1, 0.15) is 12.8 Å². The monoisotopic (exact) mass is 141 g/mol. The minimum atomic E-state index is -0.0231. The number of rotatable bonds is 2. The minimum Gasteiger partial charge on any atom is -0.461 e. The van der Waals surface area contributed by atoms with Gasteiger partial charge in [0.15, 0.2) is 0 Å². The van der Waals surface area contributed by atoms with Crippen LogP contribution >= 0.6 is 0 Å². The summed E-state index contributed by atoms with van der Waals surface area (Å²) in [6.07, 6.45) is 2.41. The Bertz CT molecular complexity index is 165. The van der Waals surface area contributed by atoms with Crippen molar-refractivity contribution in [3.63, 3.8) is 0 Å². The van der Waals surface area contributed by atoms with Crippen LogP contribution in [0.2, 0.25) is 0 Å². The van der Waals surface area contributed by atoms with Gasteiger partial charge in [-0.1, -0.05) is 0 Å². The van der Waals surface area contributed by atoms with E-state index in [-0.39, 0.29) is 18.1 Å². The number of likely N-dealkylation sites (N-methyl/N-ethyl adjacent to an activating group) is 1. The summed E-state index contributed by atoms with van der Waals surface area (Å²) in [5.74, 6) is -0.0231. The third-order valence-corrected chi connectivity index (χ3v) is 1.94. The van der Waals surface area contributed by atoms with Gasteiger partial charge in [0, 0.05) is 6.54 Å². The average Bonchev–Trinajstić information content (AvgIpc) is 2.66. The smallest absolute Gasteiger partial charge is 0.324 e. The van der Waals surface area contributed by atoms with E-state index in [1.54, 1.807) is 0 Å². The zero-order valence-corrected chi connectivity index (χ0v) is 6.04. The third-order valence-electron chi connectivity index (χ3n) is 1.94. The van der Waals surface area contributed by atoms with Crippen molar-refractivity contribution in [1.82, 2.24) is 4.90 Å². The molecule has 0 N–H and O–H groups in total. The maximum absolute atomic E-state index is 11.0. The van der Waals surface area contributed by atoms with Gasteiger partial charge in [-0.3, -0.25) is 9.69 Å². The van der Waals surface area contributed by atoms with Crippen LogP contribution in [0.3, 0.4) is 0 Å². The summed E-state index contributed by atoms with van der Waals surface area (Å²) in [5, 5.41) is 0. The van der Waals surface area contributed by atoms with E-state index in [4.69, 9.17) is 4.74 Å². The van der Waals surface area contributed by atoms with E-state index >= 15 is 0 Å². The van der Waals surface area contributed by atoms with Crippen LogP contribution in [0.4, 0.5) is 0 Å². The van der Waals surface area contributed by atoms with E-state index < -0.39 is 0 Å². The maximum Gasteiger partial charge on any atom is 0.324 e. The summed E-state index contributed by atoms with van der Waals surface area (Å²) in [7, 11) is 1.93. The van der Waals surface area contributed by atoms with E-state index in [1.807, 2.05) is 11.9 Å². The fourth-order valence-corrected chi connectivity index (χ4v) is 0.909. The highest BCUT2D eigenvalue weighted by Crippen LogP contribution is 2.26. The highest BCUT2D eigenvalue weighted by molar-refractivity contribution is 5.79. The Morgan fingerprint density at radius 1 is 1.60 bits per heavy atom. The Morgan fingerprint density at radius 2 is 2.20 bits per heavy atom. The van der Waals surface area contributed by atoms with Gasteiger partial charge >= 0.3 is 5.97 Å². The Balaban J connectivity index is 1.76. The molecule has 2 fully saturated rings. The topological polar surface area (TPSA) is 29.3 Å². The number of carbonyl (C=O) groups is 1. The Hall–Kier alpha value is -0.570. The van der Waals surface area contributed by atoms with Gasteiger partial charge in [0.1, 0.15) is 12.1 Å². The van der Waals surface area contributed by atoms with Crippen molar-refractivity contribution in [1.29, 1.82) is 0 Å². The first-order valence-corrected chi connectivity index (χ1v) is 3.68. The van der Waals surface area contributed by atoms with E-state index in [0.29, 0.717) is 0 Å². The van der Waals surface area contributed by atoms with Crippen molar-refractivity contribution >= 4 is 5.97 Å². The predicted octanol–water partition coefficient (Wildman–Crippen LogP) is 0.00600. The molecule has 2 atom stereocenters. The Morgan fingerprint density at radius 3 is 2.60 bits per heavy atom. The molecule has 1 heterocycles. The molecule has 1 saturated heterocycles. The van der Waals surface area contributed by atoms with E-state index in [9.17, 15) is 4.79 Å². The number of hydrogen-bond acceptors (Lipinski definition) is 3. The van der Waals surface area contributed by atoms with Gasteiger partial charge in [0.05, 0.1) is 0 Å². The summed E-state index contributed by atoms with van der Waals surface area (Å²) in [6.45, 7) is 0.881. The molecule has 2 aliphatic rings. The SMILES string of the molecule is CN1CC1C(=O)OC1CC1. The molecule has 1 aliphatic heterocycles. The molecule has 1 aliphatic carbocycles. The number of nitrogens with zero attached hydrogens (tertiary/aromatic N) is 1. The number of carbonyl (C=O) groups excluding carboxylic acids is 1. The summed E-state index contributed by atoms with van der Waals surface area (Å²) >= 11 is 0. The van der Waals surface area contributed by atoms with Crippen molar-refractivity contribution in [3.8, 4) is 0 Å². The van der Waals surface area contributed by atoms with Crippen molar-refractivity contribution < 1.29 is 9.53 Å². The van der Waals surface area contributed by atoms with E-state index in [0.717, 1.165) is 19.4 Å². The molecule has 0 radical (unpaired) electrons. The van der Waals surface area contributed by atoms with Crippen LogP contribution in [0.25, 0.3) is 0 Å². The molecule has 0 aromatic rings. The largest absolute Gasteiger partial charge is 0.461 e. The van der Waals surface area contributed by atoms with Gasteiger partial charge < -0.3 is 4.74 Å². The second-order valence-electron chi connectivity index (χ2n) is 3.09. The first-order chi connectivity index (χ1) is 4.77. The van der Waals surface area contributed by atoms with Crippen LogP contribution in [0, 0.1) is 0 Å². The summed E-state index contributed by atoms with van der Waals surface area (Å²) in [6, 6.07) is 0.0839.